The molecule has 2 aromatic rings. The Labute approximate surface area is 136 Å². The van der Waals surface area contributed by atoms with Gasteiger partial charge >= 0.3 is 0 Å². The molecular weight excluding hydrogens is 294 g/mol. The van der Waals surface area contributed by atoms with Crippen molar-refractivity contribution >= 4 is 17.7 Å². The maximum atomic E-state index is 12.2. The molecule has 0 atom stereocenters. The molecule has 1 amide bonds. The number of rotatable bonds is 8. The number of carbonyl (C=O) groups is 1. The number of benzene rings is 2. The zero-order valence-corrected chi connectivity index (χ0v) is 13.6. The Bertz CT molecular complexity index is 587. The summed E-state index contributed by atoms with van der Waals surface area (Å²) in [4.78, 5) is 13.4. The van der Waals surface area contributed by atoms with Gasteiger partial charge in [0.1, 0.15) is 5.75 Å². The highest BCUT2D eigenvalue weighted by atomic mass is 32.2. The van der Waals surface area contributed by atoms with Gasteiger partial charge in [-0.05, 0) is 43.4 Å². The van der Waals surface area contributed by atoms with Gasteiger partial charge < -0.3 is 10.1 Å². The molecule has 0 aliphatic rings. The Balaban J connectivity index is 1.74. The van der Waals surface area contributed by atoms with E-state index in [-0.39, 0.29) is 5.91 Å². The Hall–Kier alpha value is -1.94. The maximum absolute atomic E-state index is 12.2. The Morgan fingerprint density at radius 1 is 1.09 bits per heavy atom. The molecule has 0 saturated heterocycles. The van der Waals surface area contributed by atoms with Gasteiger partial charge in [-0.25, -0.2) is 0 Å². The van der Waals surface area contributed by atoms with Crippen LogP contribution < -0.4 is 10.1 Å². The highest BCUT2D eigenvalue weighted by Crippen LogP contribution is 2.19. The molecule has 0 bridgehead atoms. The minimum Gasteiger partial charge on any atom is -0.493 e. The lowest BCUT2D eigenvalue weighted by Crippen LogP contribution is -2.25. The van der Waals surface area contributed by atoms with Crippen LogP contribution in [0.25, 0.3) is 0 Å². The van der Waals surface area contributed by atoms with Gasteiger partial charge in [0.05, 0.1) is 12.2 Å². The van der Waals surface area contributed by atoms with Gasteiger partial charge in [-0.15, -0.1) is 11.8 Å². The molecule has 3 nitrogen and oxygen atoms in total. The predicted molar refractivity (Wildman–Crippen MR) is 91.7 cm³/mol. The first kappa shape index (κ1) is 16.4. The van der Waals surface area contributed by atoms with E-state index in [0.717, 1.165) is 12.2 Å². The summed E-state index contributed by atoms with van der Waals surface area (Å²) in [5.41, 5.74) is 0.597. The molecule has 0 radical (unpaired) electrons. The van der Waals surface area contributed by atoms with Crippen LogP contribution in [0.2, 0.25) is 0 Å². The molecule has 116 valence electrons. The zero-order chi connectivity index (χ0) is 15.6. The number of hydrogen-bond acceptors (Lipinski definition) is 3. The quantitative estimate of drug-likeness (QED) is 0.591. The van der Waals surface area contributed by atoms with Crippen LogP contribution >= 0.6 is 11.8 Å². The molecule has 0 heterocycles. The average Bonchev–Trinajstić information content (AvgIpc) is 2.56. The van der Waals surface area contributed by atoms with Crippen molar-refractivity contribution in [2.45, 2.75) is 18.2 Å². The van der Waals surface area contributed by atoms with Crippen LogP contribution in [0, 0.1) is 0 Å². The van der Waals surface area contributed by atoms with E-state index < -0.39 is 0 Å². The molecule has 0 aliphatic carbocycles. The monoisotopic (exact) mass is 315 g/mol. The van der Waals surface area contributed by atoms with Crippen LogP contribution in [-0.4, -0.2) is 24.8 Å². The van der Waals surface area contributed by atoms with E-state index in [9.17, 15) is 4.79 Å². The van der Waals surface area contributed by atoms with Gasteiger partial charge in [0.15, 0.2) is 0 Å². The van der Waals surface area contributed by atoms with Crippen LogP contribution in [0.5, 0.6) is 5.75 Å². The van der Waals surface area contributed by atoms with Gasteiger partial charge in [-0.3, -0.25) is 4.79 Å². The third-order valence-corrected chi connectivity index (χ3v) is 4.15. The van der Waals surface area contributed by atoms with E-state index in [1.165, 1.54) is 4.90 Å². The number of nitrogens with one attached hydrogen (secondary N) is 1. The average molecular weight is 315 g/mol. The molecule has 0 unspecified atom stereocenters. The molecule has 0 aliphatic heterocycles. The van der Waals surface area contributed by atoms with Gasteiger partial charge in [0.25, 0.3) is 5.91 Å². The summed E-state index contributed by atoms with van der Waals surface area (Å²) in [5.74, 6) is 1.55. The fourth-order valence-electron chi connectivity index (χ4n) is 2.01. The number of carbonyl (C=O) groups excluding carboxylic acids is 1. The van der Waals surface area contributed by atoms with Gasteiger partial charge in [0, 0.05) is 11.4 Å². The molecule has 0 spiro atoms. The lowest BCUT2D eigenvalue weighted by atomic mass is 10.2. The van der Waals surface area contributed by atoms with Gasteiger partial charge in [-0.1, -0.05) is 30.3 Å². The number of para-hydroxylation sites is 1. The second-order valence-electron chi connectivity index (χ2n) is 4.70. The minimum atomic E-state index is -0.0752. The predicted octanol–water partition coefficient (Wildman–Crippen LogP) is 4.00. The Kier molecular flexibility index (Phi) is 6.84. The SMILES string of the molecule is CCOc1ccccc1C(=O)NCCCSc1ccccc1. The lowest BCUT2D eigenvalue weighted by molar-refractivity contribution is 0.0950. The van der Waals surface area contributed by atoms with Crippen LogP contribution in [0.4, 0.5) is 0 Å². The summed E-state index contributed by atoms with van der Waals surface area (Å²) in [5, 5.41) is 2.95. The standard InChI is InChI=1S/C18H21NO2S/c1-2-21-17-12-7-6-11-16(17)18(20)19-13-8-14-22-15-9-4-3-5-10-15/h3-7,9-12H,2,8,13-14H2,1H3,(H,19,20). The zero-order valence-electron chi connectivity index (χ0n) is 12.7. The van der Waals surface area contributed by atoms with Crippen molar-refractivity contribution in [3.05, 3.63) is 60.2 Å². The third kappa shape index (κ3) is 5.11. The maximum Gasteiger partial charge on any atom is 0.255 e. The number of thioether (sulfide) groups is 1. The van der Waals surface area contributed by atoms with Gasteiger partial charge in [-0.2, -0.15) is 0 Å². The van der Waals surface area contributed by atoms with Crippen molar-refractivity contribution < 1.29 is 9.53 Å². The summed E-state index contributed by atoms with van der Waals surface area (Å²) in [6.45, 7) is 3.13. The van der Waals surface area contributed by atoms with Crippen molar-refractivity contribution in [2.75, 3.05) is 18.9 Å². The smallest absolute Gasteiger partial charge is 0.255 e. The summed E-state index contributed by atoms with van der Waals surface area (Å²) in [6, 6.07) is 17.6. The van der Waals surface area contributed by atoms with E-state index in [1.54, 1.807) is 17.8 Å². The molecule has 2 aromatic carbocycles. The van der Waals surface area contributed by atoms with E-state index in [0.29, 0.717) is 24.5 Å². The molecular formula is C18H21NO2S. The first-order valence-corrected chi connectivity index (χ1v) is 8.47. The summed E-state index contributed by atoms with van der Waals surface area (Å²) in [7, 11) is 0. The summed E-state index contributed by atoms with van der Waals surface area (Å²) < 4.78 is 5.48. The van der Waals surface area contributed by atoms with E-state index in [1.807, 2.05) is 43.3 Å². The molecule has 0 aromatic heterocycles. The van der Waals surface area contributed by atoms with Gasteiger partial charge in [0.2, 0.25) is 0 Å². The molecule has 0 saturated carbocycles. The van der Waals surface area contributed by atoms with Crippen LogP contribution in [0.15, 0.2) is 59.5 Å². The fourth-order valence-corrected chi connectivity index (χ4v) is 2.89. The highest BCUT2D eigenvalue weighted by molar-refractivity contribution is 7.99. The molecule has 1 N–H and O–H groups in total. The topological polar surface area (TPSA) is 38.3 Å². The molecule has 2 rings (SSSR count). The van der Waals surface area contributed by atoms with Crippen LogP contribution in [0.3, 0.4) is 0 Å². The molecule has 0 fully saturated rings. The first-order chi connectivity index (χ1) is 10.8. The van der Waals surface area contributed by atoms with Crippen molar-refractivity contribution in [2.24, 2.45) is 0 Å². The largest absolute Gasteiger partial charge is 0.493 e. The number of ether oxygens (including phenoxy) is 1. The Morgan fingerprint density at radius 3 is 2.59 bits per heavy atom. The van der Waals surface area contributed by atoms with Crippen molar-refractivity contribution in [3.63, 3.8) is 0 Å². The second-order valence-corrected chi connectivity index (χ2v) is 5.87. The van der Waals surface area contributed by atoms with E-state index in [4.69, 9.17) is 4.74 Å². The first-order valence-electron chi connectivity index (χ1n) is 7.49. The minimum absolute atomic E-state index is 0.0752. The van der Waals surface area contributed by atoms with Crippen molar-refractivity contribution in [1.82, 2.24) is 5.32 Å². The van der Waals surface area contributed by atoms with E-state index in [2.05, 4.69) is 17.4 Å². The Morgan fingerprint density at radius 2 is 1.82 bits per heavy atom. The molecule has 4 heteroatoms. The van der Waals surface area contributed by atoms with Crippen LogP contribution in [-0.2, 0) is 0 Å². The fraction of sp³-hybridized carbons (Fsp3) is 0.278. The highest BCUT2D eigenvalue weighted by Gasteiger charge is 2.10. The number of amides is 1. The van der Waals surface area contributed by atoms with Crippen molar-refractivity contribution in [1.29, 1.82) is 0 Å². The van der Waals surface area contributed by atoms with E-state index >= 15 is 0 Å². The van der Waals surface area contributed by atoms with Crippen molar-refractivity contribution in [3.8, 4) is 5.75 Å². The second kappa shape index (κ2) is 9.15. The summed E-state index contributed by atoms with van der Waals surface area (Å²) in [6.07, 6.45) is 0.933. The molecule has 22 heavy (non-hydrogen) atoms. The third-order valence-electron chi connectivity index (χ3n) is 3.05. The van der Waals surface area contributed by atoms with Crippen LogP contribution in [0.1, 0.15) is 23.7 Å². The normalized spacial score (nSPS) is 10.2. The summed E-state index contributed by atoms with van der Waals surface area (Å²) >= 11 is 1.80. The number of hydrogen-bond donors (Lipinski definition) is 1. The lowest BCUT2D eigenvalue weighted by Gasteiger charge is -2.10.